The molecule has 0 fully saturated rings. The SMILES string of the molecule is COc1ccc([N+](=O)[O-])cc1C(=O)NC(C)c1ccc2c(c1)OCO2. The summed E-state index contributed by atoms with van der Waals surface area (Å²) in [6.07, 6.45) is 0. The lowest BCUT2D eigenvalue weighted by molar-refractivity contribution is -0.384. The van der Waals surface area contributed by atoms with E-state index < -0.39 is 10.8 Å². The fraction of sp³-hybridized carbons (Fsp3) is 0.235. The van der Waals surface area contributed by atoms with Crippen molar-refractivity contribution in [3.05, 3.63) is 57.6 Å². The van der Waals surface area contributed by atoms with Crippen LogP contribution in [0, 0.1) is 10.1 Å². The molecule has 0 saturated carbocycles. The van der Waals surface area contributed by atoms with Crippen LogP contribution in [0.15, 0.2) is 36.4 Å². The molecule has 1 aliphatic rings. The summed E-state index contributed by atoms with van der Waals surface area (Å²) in [5.41, 5.74) is 0.743. The van der Waals surface area contributed by atoms with E-state index in [1.54, 1.807) is 19.1 Å². The summed E-state index contributed by atoms with van der Waals surface area (Å²) in [6, 6.07) is 8.93. The zero-order chi connectivity index (χ0) is 18.0. The van der Waals surface area contributed by atoms with Crippen LogP contribution in [-0.4, -0.2) is 24.7 Å². The van der Waals surface area contributed by atoms with Crippen molar-refractivity contribution in [1.29, 1.82) is 0 Å². The standard InChI is InChI=1S/C17H16N2O6/c1-10(11-3-5-15-16(7-11)25-9-24-15)18-17(20)13-8-12(19(21)22)4-6-14(13)23-2/h3-8,10H,9H2,1-2H3,(H,18,20). The van der Waals surface area contributed by atoms with E-state index in [2.05, 4.69) is 5.32 Å². The summed E-state index contributed by atoms with van der Waals surface area (Å²) >= 11 is 0. The number of nitro benzene ring substituents is 1. The fourth-order valence-corrected chi connectivity index (χ4v) is 2.53. The molecule has 2 aromatic rings. The quantitative estimate of drug-likeness (QED) is 0.661. The number of benzene rings is 2. The summed E-state index contributed by atoms with van der Waals surface area (Å²) in [6.45, 7) is 1.98. The Kier molecular flexibility index (Phi) is 4.42. The van der Waals surface area contributed by atoms with Gasteiger partial charge in [-0.25, -0.2) is 0 Å². The number of carbonyl (C=O) groups is 1. The van der Waals surface area contributed by atoms with E-state index in [0.29, 0.717) is 11.5 Å². The van der Waals surface area contributed by atoms with Crippen molar-refractivity contribution >= 4 is 11.6 Å². The highest BCUT2D eigenvalue weighted by molar-refractivity contribution is 5.97. The number of carbonyl (C=O) groups excluding carboxylic acids is 1. The summed E-state index contributed by atoms with van der Waals surface area (Å²) < 4.78 is 15.7. The van der Waals surface area contributed by atoms with Gasteiger partial charge < -0.3 is 19.5 Å². The van der Waals surface area contributed by atoms with Gasteiger partial charge in [-0.3, -0.25) is 14.9 Å². The number of nitrogens with zero attached hydrogens (tertiary/aromatic N) is 1. The predicted molar refractivity (Wildman–Crippen MR) is 88.1 cm³/mol. The van der Waals surface area contributed by atoms with E-state index in [4.69, 9.17) is 14.2 Å². The molecule has 0 aliphatic carbocycles. The lowest BCUT2D eigenvalue weighted by atomic mass is 10.1. The molecule has 0 radical (unpaired) electrons. The Hall–Kier alpha value is -3.29. The average molecular weight is 344 g/mol. The Labute approximate surface area is 143 Å². The highest BCUT2D eigenvalue weighted by Gasteiger charge is 2.21. The first kappa shape index (κ1) is 16.6. The van der Waals surface area contributed by atoms with E-state index >= 15 is 0 Å². The van der Waals surface area contributed by atoms with Crippen molar-refractivity contribution in [2.24, 2.45) is 0 Å². The van der Waals surface area contributed by atoms with Gasteiger partial charge in [-0.05, 0) is 30.7 Å². The molecule has 0 aromatic heterocycles. The molecular formula is C17H16N2O6. The van der Waals surface area contributed by atoms with Crippen molar-refractivity contribution in [2.45, 2.75) is 13.0 Å². The van der Waals surface area contributed by atoms with Gasteiger partial charge in [-0.2, -0.15) is 0 Å². The van der Waals surface area contributed by atoms with Crippen LogP contribution in [0.4, 0.5) is 5.69 Å². The van der Waals surface area contributed by atoms with Crippen molar-refractivity contribution in [2.75, 3.05) is 13.9 Å². The Balaban J connectivity index is 1.81. The summed E-state index contributed by atoms with van der Waals surface area (Å²) in [5.74, 6) is 1.07. The number of nitrogens with one attached hydrogen (secondary N) is 1. The molecule has 1 N–H and O–H groups in total. The summed E-state index contributed by atoms with van der Waals surface area (Å²) in [4.78, 5) is 22.9. The third-order valence-electron chi connectivity index (χ3n) is 3.88. The smallest absolute Gasteiger partial charge is 0.270 e. The van der Waals surface area contributed by atoms with E-state index in [-0.39, 0.29) is 29.8 Å². The molecule has 8 nitrogen and oxygen atoms in total. The van der Waals surface area contributed by atoms with Crippen molar-refractivity contribution in [1.82, 2.24) is 5.32 Å². The average Bonchev–Trinajstić information content (AvgIpc) is 3.08. The first-order valence-electron chi connectivity index (χ1n) is 7.52. The van der Waals surface area contributed by atoms with E-state index in [0.717, 1.165) is 5.56 Å². The van der Waals surface area contributed by atoms with Gasteiger partial charge in [0.1, 0.15) is 5.75 Å². The van der Waals surface area contributed by atoms with Crippen LogP contribution in [0.3, 0.4) is 0 Å². The van der Waals surface area contributed by atoms with E-state index in [9.17, 15) is 14.9 Å². The van der Waals surface area contributed by atoms with E-state index in [1.165, 1.54) is 25.3 Å². The highest BCUT2D eigenvalue weighted by Crippen LogP contribution is 2.34. The fourth-order valence-electron chi connectivity index (χ4n) is 2.53. The number of amides is 1. The minimum atomic E-state index is -0.558. The van der Waals surface area contributed by atoms with Gasteiger partial charge in [0.15, 0.2) is 11.5 Å². The number of ether oxygens (including phenoxy) is 3. The molecule has 1 amide bonds. The van der Waals surface area contributed by atoms with Crippen molar-refractivity contribution in [3.63, 3.8) is 0 Å². The largest absolute Gasteiger partial charge is 0.496 e. The number of nitro groups is 1. The zero-order valence-electron chi connectivity index (χ0n) is 13.6. The Bertz CT molecular complexity index is 836. The number of rotatable bonds is 5. The molecule has 3 rings (SSSR count). The maximum atomic E-state index is 12.5. The van der Waals surface area contributed by atoms with Gasteiger partial charge in [-0.1, -0.05) is 6.07 Å². The monoisotopic (exact) mass is 344 g/mol. The molecule has 2 aromatic carbocycles. The minimum absolute atomic E-state index is 0.101. The lowest BCUT2D eigenvalue weighted by Crippen LogP contribution is -2.27. The molecule has 1 heterocycles. The lowest BCUT2D eigenvalue weighted by Gasteiger charge is -2.16. The first-order chi connectivity index (χ1) is 12.0. The summed E-state index contributed by atoms with van der Waals surface area (Å²) in [7, 11) is 1.40. The second-order valence-corrected chi connectivity index (χ2v) is 5.45. The molecule has 0 saturated heterocycles. The molecule has 1 atom stereocenters. The van der Waals surface area contributed by atoms with Crippen LogP contribution in [0.5, 0.6) is 17.2 Å². The van der Waals surface area contributed by atoms with Crippen molar-refractivity contribution in [3.8, 4) is 17.2 Å². The van der Waals surface area contributed by atoms with Gasteiger partial charge in [0.2, 0.25) is 6.79 Å². The molecule has 25 heavy (non-hydrogen) atoms. The topological polar surface area (TPSA) is 99.9 Å². The summed E-state index contributed by atoms with van der Waals surface area (Å²) in [5, 5.41) is 13.7. The molecule has 0 bridgehead atoms. The molecule has 8 heteroatoms. The minimum Gasteiger partial charge on any atom is -0.496 e. The van der Waals surface area contributed by atoms with Gasteiger partial charge in [0.25, 0.3) is 11.6 Å². The molecular weight excluding hydrogens is 328 g/mol. The van der Waals surface area contributed by atoms with E-state index in [1.807, 2.05) is 6.07 Å². The normalized spacial score (nSPS) is 13.2. The maximum Gasteiger partial charge on any atom is 0.270 e. The Morgan fingerprint density at radius 2 is 2.00 bits per heavy atom. The number of hydrogen-bond acceptors (Lipinski definition) is 6. The van der Waals surface area contributed by atoms with Crippen LogP contribution in [0.2, 0.25) is 0 Å². The second kappa shape index (κ2) is 6.68. The number of fused-ring (bicyclic) bond motifs is 1. The van der Waals surface area contributed by atoms with Crippen LogP contribution in [-0.2, 0) is 0 Å². The first-order valence-corrected chi connectivity index (χ1v) is 7.52. The molecule has 1 unspecified atom stereocenters. The molecule has 130 valence electrons. The van der Waals surface area contributed by atoms with Gasteiger partial charge in [-0.15, -0.1) is 0 Å². The predicted octanol–water partition coefficient (Wildman–Crippen LogP) is 2.82. The van der Waals surface area contributed by atoms with Gasteiger partial charge in [0.05, 0.1) is 23.6 Å². The number of methoxy groups -OCH3 is 1. The third-order valence-corrected chi connectivity index (χ3v) is 3.88. The zero-order valence-corrected chi connectivity index (χ0v) is 13.6. The van der Waals surface area contributed by atoms with Crippen molar-refractivity contribution < 1.29 is 23.9 Å². The van der Waals surface area contributed by atoms with Crippen LogP contribution < -0.4 is 19.5 Å². The Morgan fingerprint density at radius 1 is 1.24 bits per heavy atom. The van der Waals surface area contributed by atoms with Gasteiger partial charge in [0, 0.05) is 12.1 Å². The molecule has 1 aliphatic heterocycles. The number of non-ortho nitro benzene ring substituents is 1. The molecule has 0 spiro atoms. The highest BCUT2D eigenvalue weighted by atomic mass is 16.7. The third kappa shape index (κ3) is 3.32. The van der Waals surface area contributed by atoms with Crippen LogP contribution >= 0.6 is 0 Å². The second-order valence-electron chi connectivity index (χ2n) is 5.45. The maximum absolute atomic E-state index is 12.5. The Morgan fingerprint density at radius 3 is 2.72 bits per heavy atom. The van der Waals surface area contributed by atoms with Crippen LogP contribution in [0.1, 0.15) is 28.9 Å². The van der Waals surface area contributed by atoms with Gasteiger partial charge >= 0.3 is 0 Å². The van der Waals surface area contributed by atoms with Crippen LogP contribution in [0.25, 0.3) is 0 Å². The number of hydrogen-bond donors (Lipinski definition) is 1.